The molecule has 0 aliphatic carbocycles. The van der Waals surface area contributed by atoms with E-state index in [4.69, 9.17) is 4.74 Å². The molecule has 1 aromatic rings. The molecule has 0 N–H and O–H groups in total. The molecule has 0 saturated heterocycles. The molecule has 0 heterocycles. The van der Waals surface area contributed by atoms with Crippen LogP contribution in [0.3, 0.4) is 0 Å². The average molecular weight is 393 g/mol. The van der Waals surface area contributed by atoms with Crippen molar-refractivity contribution >= 4 is 11.8 Å². The fourth-order valence-electron chi connectivity index (χ4n) is 2.82. The molecule has 152 valence electrons. The Bertz CT molecular complexity index is 533. The van der Waals surface area contributed by atoms with Crippen molar-refractivity contribution in [1.82, 2.24) is 0 Å². The van der Waals surface area contributed by atoms with Crippen LogP contribution >= 0.6 is 11.8 Å². The summed E-state index contributed by atoms with van der Waals surface area (Å²) in [4.78, 5) is 0. The lowest BCUT2D eigenvalue weighted by Crippen LogP contribution is -2.05. The van der Waals surface area contributed by atoms with Crippen molar-refractivity contribution in [3.05, 3.63) is 35.6 Å². The van der Waals surface area contributed by atoms with Crippen LogP contribution in [-0.4, -0.2) is 24.2 Å². The maximum atomic E-state index is 13.4. The van der Waals surface area contributed by atoms with Crippen LogP contribution in [0.4, 0.5) is 4.39 Å². The summed E-state index contributed by atoms with van der Waals surface area (Å²) in [6.07, 6.45) is 13.0. The van der Waals surface area contributed by atoms with Crippen LogP contribution in [0.5, 0.6) is 0 Å². The Morgan fingerprint density at radius 2 is 1.52 bits per heavy atom. The highest BCUT2D eigenvalue weighted by Gasteiger charge is 1.96. The second-order valence-corrected chi connectivity index (χ2v) is 8.47. The Labute approximate surface area is 170 Å². The van der Waals surface area contributed by atoms with E-state index >= 15 is 0 Å². The van der Waals surface area contributed by atoms with Gasteiger partial charge in [-0.15, -0.1) is 0 Å². The lowest BCUT2D eigenvalue weighted by Gasteiger charge is -2.06. The standard InChI is InChI=1S/C24H37FOS/c1-22(2)26-19-21-27-20-15-11-9-7-5-3-4-6-8-10-12-16-23-17-13-14-18-24(23)25/h13-14,17-18,22H,3-11,15,19-21H2,1-2H3. The van der Waals surface area contributed by atoms with Gasteiger partial charge in [0, 0.05) is 12.2 Å². The number of ether oxygens (including phenoxy) is 1. The molecule has 1 rings (SSSR count). The Morgan fingerprint density at radius 1 is 0.889 bits per heavy atom. The van der Waals surface area contributed by atoms with E-state index in [1.165, 1.54) is 63.2 Å². The van der Waals surface area contributed by atoms with Gasteiger partial charge in [-0.1, -0.05) is 68.9 Å². The summed E-state index contributed by atoms with van der Waals surface area (Å²) < 4.78 is 18.9. The number of hydrogen-bond donors (Lipinski definition) is 0. The predicted octanol–water partition coefficient (Wildman–Crippen LogP) is 7.24. The maximum absolute atomic E-state index is 13.4. The number of thioether (sulfide) groups is 1. The summed E-state index contributed by atoms with van der Waals surface area (Å²) in [5.41, 5.74) is 0.514. The quantitative estimate of drug-likeness (QED) is 0.230. The number of rotatable bonds is 15. The van der Waals surface area contributed by atoms with E-state index in [1.54, 1.807) is 12.1 Å². The van der Waals surface area contributed by atoms with Crippen molar-refractivity contribution in [3.8, 4) is 11.8 Å². The third kappa shape index (κ3) is 14.7. The smallest absolute Gasteiger partial charge is 0.138 e. The summed E-state index contributed by atoms with van der Waals surface area (Å²) in [6, 6.07) is 6.73. The summed E-state index contributed by atoms with van der Waals surface area (Å²) in [6.45, 7) is 5.07. The molecule has 0 saturated carbocycles. The van der Waals surface area contributed by atoms with Gasteiger partial charge < -0.3 is 4.74 Å². The summed E-state index contributed by atoms with van der Waals surface area (Å²) >= 11 is 2.02. The van der Waals surface area contributed by atoms with E-state index in [-0.39, 0.29) is 5.82 Å². The van der Waals surface area contributed by atoms with E-state index in [1.807, 2.05) is 17.8 Å². The second-order valence-electron chi connectivity index (χ2n) is 7.25. The highest BCUT2D eigenvalue weighted by atomic mass is 32.2. The fraction of sp³-hybridized carbons (Fsp3) is 0.667. The van der Waals surface area contributed by atoms with E-state index < -0.39 is 0 Å². The van der Waals surface area contributed by atoms with Crippen LogP contribution in [0.15, 0.2) is 24.3 Å². The Kier molecular flexibility index (Phi) is 15.3. The zero-order valence-electron chi connectivity index (χ0n) is 17.3. The molecule has 0 radical (unpaired) electrons. The molecule has 0 aromatic heterocycles. The monoisotopic (exact) mass is 392 g/mol. The van der Waals surface area contributed by atoms with Crippen LogP contribution in [0.25, 0.3) is 0 Å². The molecule has 1 nitrogen and oxygen atoms in total. The van der Waals surface area contributed by atoms with E-state index in [9.17, 15) is 4.39 Å². The lowest BCUT2D eigenvalue weighted by molar-refractivity contribution is 0.0920. The van der Waals surface area contributed by atoms with E-state index in [2.05, 4.69) is 25.7 Å². The van der Waals surface area contributed by atoms with Gasteiger partial charge in [-0.05, 0) is 44.6 Å². The predicted molar refractivity (Wildman–Crippen MR) is 118 cm³/mol. The van der Waals surface area contributed by atoms with Crippen LogP contribution in [-0.2, 0) is 4.74 Å². The summed E-state index contributed by atoms with van der Waals surface area (Å²) in [5.74, 6) is 8.20. The van der Waals surface area contributed by atoms with Gasteiger partial charge >= 0.3 is 0 Å². The van der Waals surface area contributed by atoms with Gasteiger partial charge in [0.25, 0.3) is 0 Å². The van der Waals surface area contributed by atoms with E-state index in [0.717, 1.165) is 25.2 Å². The number of hydrogen-bond acceptors (Lipinski definition) is 2. The first kappa shape index (κ1) is 24.1. The van der Waals surface area contributed by atoms with Crippen LogP contribution in [0, 0.1) is 17.7 Å². The van der Waals surface area contributed by atoms with Crippen LogP contribution in [0.1, 0.15) is 83.6 Å². The van der Waals surface area contributed by atoms with Gasteiger partial charge in [-0.3, -0.25) is 0 Å². The average Bonchev–Trinajstić information content (AvgIpc) is 2.65. The zero-order chi connectivity index (χ0) is 19.6. The highest BCUT2D eigenvalue weighted by molar-refractivity contribution is 7.99. The van der Waals surface area contributed by atoms with Gasteiger partial charge in [-0.25, -0.2) is 4.39 Å². The van der Waals surface area contributed by atoms with Crippen LogP contribution in [0.2, 0.25) is 0 Å². The minimum Gasteiger partial charge on any atom is -0.378 e. The number of halogens is 1. The molecule has 0 atom stereocenters. The number of unbranched alkanes of at least 4 members (excludes halogenated alkanes) is 9. The molecule has 3 heteroatoms. The van der Waals surface area contributed by atoms with Crippen molar-refractivity contribution in [3.63, 3.8) is 0 Å². The molecule has 0 amide bonds. The van der Waals surface area contributed by atoms with Crippen molar-refractivity contribution in [2.45, 2.75) is 84.2 Å². The maximum Gasteiger partial charge on any atom is 0.138 e. The molecule has 0 aliphatic heterocycles. The molecule has 27 heavy (non-hydrogen) atoms. The lowest BCUT2D eigenvalue weighted by atomic mass is 10.1. The van der Waals surface area contributed by atoms with Gasteiger partial charge in [0.05, 0.1) is 18.3 Å². The van der Waals surface area contributed by atoms with Gasteiger partial charge in [0.15, 0.2) is 0 Å². The zero-order valence-corrected chi connectivity index (χ0v) is 18.1. The number of benzene rings is 1. The van der Waals surface area contributed by atoms with Gasteiger partial charge in [0.2, 0.25) is 0 Å². The Hall–Kier alpha value is -0.980. The molecule has 1 aromatic carbocycles. The normalized spacial score (nSPS) is 10.8. The van der Waals surface area contributed by atoms with Gasteiger partial charge in [0.1, 0.15) is 5.82 Å². The summed E-state index contributed by atoms with van der Waals surface area (Å²) in [5, 5.41) is 0. The molecule has 0 fully saturated rings. The SMILES string of the molecule is CC(C)OCCSCCCCCCCCCCCC#Cc1ccccc1F. The molecule has 0 spiro atoms. The third-order valence-electron chi connectivity index (χ3n) is 4.37. The molecular formula is C24H37FOS. The highest BCUT2D eigenvalue weighted by Crippen LogP contribution is 2.12. The third-order valence-corrected chi connectivity index (χ3v) is 5.40. The Balaban J connectivity index is 1.80. The fourth-order valence-corrected chi connectivity index (χ4v) is 3.65. The summed E-state index contributed by atoms with van der Waals surface area (Å²) in [7, 11) is 0. The minimum atomic E-state index is -0.219. The molecular weight excluding hydrogens is 355 g/mol. The minimum absolute atomic E-state index is 0.219. The van der Waals surface area contributed by atoms with Crippen molar-refractivity contribution in [2.75, 3.05) is 18.1 Å². The molecule has 0 bridgehead atoms. The first-order chi connectivity index (χ1) is 13.2. The first-order valence-corrected chi connectivity index (χ1v) is 11.8. The largest absolute Gasteiger partial charge is 0.378 e. The van der Waals surface area contributed by atoms with Crippen molar-refractivity contribution < 1.29 is 9.13 Å². The molecule has 0 aliphatic rings. The topological polar surface area (TPSA) is 9.23 Å². The Morgan fingerprint density at radius 3 is 2.19 bits per heavy atom. The first-order valence-electron chi connectivity index (χ1n) is 10.6. The van der Waals surface area contributed by atoms with Gasteiger partial charge in [-0.2, -0.15) is 11.8 Å². The van der Waals surface area contributed by atoms with Crippen LogP contribution < -0.4 is 0 Å². The van der Waals surface area contributed by atoms with Crippen molar-refractivity contribution in [1.29, 1.82) is 0 Å². The van der Waals surface area contributed by atoms with E-state index in [0.29, 0.717) is 11.7 Å². The van der Waals surface area contributed by atoms with Crippen molar-refractivity contribution in [2.24, 2.45) is 0 Å². The molecule has 0 unspecified atom stereocenters. The second kappa shape index (κ2) is 17.1.